The summed E-state index contributed by atoms with van der Waals surface area (Å²) in [6.45, 7) is 0. The average Bonchev–Trinajstić information content (AvgIpc) is 2.46. The van der Waals surface area contributed by atoms with Gasteiger partial charge >= 0.3 is 5.97 Å². The molecule has 20 heavy (non-hydrogen) atoms. The number of carboxylic acid groups (broad SMARTS) is 1. The van der Waals surface area contributed by atoms with Crippen molar-refractivity contribution in [3.63, 3.8) is 0 Å². The van der Waals surface area contributed by atoms with Gasteiger partial charge in [-0.1, -0.05) is 18.2 Å². The molecule has 0 aliphatic heterocycles. The Morgan fingerprint density at radius 1 is 1.10 bits per heavy atom. The second-order valence-corrected chi connectivity index (χ2v) is 4.31. The molecule has 2 aromatic rings. The number of carbonyl (C=O) groups excluding carboxylic acids is 1. The van der Waals surface area contributed by atoms with E-state index in [1.54, 1.807) is 30.3 Å². The molecule has 0 radical (unpaired) electrons. The monoisotopic (exact) mass is 270 g/mol. The predicted molar refractivity (Wildman–Crippen MR) is 77.0 cm³/mol. The van der Waals surface area contributed by atoms with E-state index in [1.807, 2.05) is 6.07 Å². The largest absolute Gasteiger partial charge is 0.478 e. The van der Waals surface area contributed by atoms with E-state index in [9.17, 15) is 14.7 Å². The number of benzene rings is 2. The molecule has 102 valence electrons. The van der Waals surface area contributed by atoms with Gasteiger partial charge in [0.1, 0.15) is 0 Å². The summed E-state index contributed by atoms with van der Waals surface area (Å²) in [6.07, 6.45) is 0. The molecular formula is C15H14N2O3. The second-order valence-electron chi connectivity index (χ2n) is 4.31. The Hall–Kier alpha value is -2.82. The van der Waals surface area contributed by atoms with E-state index in [0.29, 0.717) is 16.9 Å². The summed E-state index contributed by atoms with van der Waals surface area (Å²) < 4.78 is 0. The van der Waals surface area contributed by atoms with E-state index in [1.165, 1.54) is 24.1 Å². The van der Waals surface area contributed by atoms with Crippen LogP contribution in [-0.4, -0.2) is 24.0 Å². The number of nitrogen functional groups attached to an aromatic ring is 1. The maximum absolute atomic E-state index is 12.3. The molecule has 0 heterocycles. The third-order valence-electron chi connectivity index (χ3n) is 2.94. The molecule has 0 saturated carbocycles. The number of carbonyl (C=O) groups is 2. The topological polar surface area (TPSA) is 83.6 Å². The van der Waals surface area contributed by atoms with E-state index in [-0.39, 0.29) is 11.5 Å². The zero-order valence-corrected chi connectivity index (χ0v) is 10.9. The third kappa shape index (κ3) is 2.61. The first kappa shape index (κ1) is 13.6. The fourth-order valence-electron chi connectivity index (χ4n) is 1.90. The Kier molecular flexibility index (Phi) is 3.70. The van der Waals surface area contributed by atoms with Crippen molar-refractivity contribution in [3.8, 4) is 0 Å². The Morgan fingerprint density at radius 2 is 1.75 bits per heavy atom. The van der Waals surface area contributed by atoms with Gasteiger partial charge < -0.3 is 15.7 Å². The number of carboxylic acids is 1. The van der Waals surface area contributed by atoms with Gasteiger partial charge in [0.05, 0.1) is 11.3 Å². The smallest absolute Gasteiger partial charge is 0.337 e. The Balaban J connectivity index is 2.41. The van der Waals surface area contributed by atoms with Crippen LogP contribution in [-0.2, 0) is 0 Å². The van der Waals surface area contributed by atoms with Crippen molar-refractivity contribution in [2.45, 2.75) is 0 Å². The second kappa shape index (κ2) is 5.44. The fraction of sp³-hybridized carbons (Fsp3) is 0.0667. The molecule has 1 amide bonds. The van der Waals surface area contributed by atoms with Crippen LogP contribution in [0.3, 0.4) is 0 Å². The van der Waals surface area contributed by atoms with Crippen LogP contribution in [0, 0.1) is 0 Å². The fourth-order valence-corrected chi connectivity index (χ4v) is 1.90. The van der Waals surface area contributed by atoms with Crippen LogP contribution >= 0.6 is 0 Å². The van der Waals surface area contributed by atoms with E-state index in [0.717, 1.165) is 0 Å². The molecule has 0 fully saturated rings. The van der Waals surface area contributed by atoms with Crippen molar-refractivity contribution >= 4 is 23.3 Å². The minimum absolute atomic E-state index is 0.00298. The first-order valence-electron chi connectivity index (χ1n) is 5.96. The average molecular weight is 270 g/mol. The number of hydrogen-bond acceptors (Lipinski definition) is 3. The van der Waals surface area contributed by atoms with Crippen LogP contribution in [0.15, 0.2) is 48.5 Å². The number of hydrogen-bond donors (Lipinski definition) is 2. The van der Waals surface area contributed by atoms with Crippen LogP contribution in [0.5, 0.6) is 0 Å². The van der Waals surface area contributed by atoms with E-state index >= 15 is 0 Å². The summed E-state index contributed by atoms with van der Waals surface area (Å²) in [5, 5.41) is 9.20. The first-order chi connectivity index (χ1) is 9.50. The van der Waals surface area contributed by atoms with Gasteiger partial charge in [0, 0.05) is 18.3 Å². The standard InChI is InChI=1S/C15H14N2O3/c1-17(14(18)10-5-3-2-4-6-10)13-8-7-11(16)9-12(13)15(19)20/h2-9H,16H2,1H3,(H,19,20). The molecule has 5 heteroatoms. The lowest BCUT2D eigenvalue weighted by atomic mass is 10.1. The summed E-state index contributed by atoms with van der Waals surface area (Å²) in [7, 11) is 1.54. The lowest BCUT2D eigenvalue weighted by molar-refractivity contribution is 0.0698. The van der Waals surface area contributed by atoms with Crippen molar-refractivity contribution in [1.82, 2.24) is 0 Å². The van der Waals surface area contributed by atoms with Gasteiger partial charge in [0.2, 0.25) is 0 Å². The van der Waals surface area contributed by atoms with Crippen molar-refractivity contribution < 1.29 is 14.7 Å². The summed E-state index contributed by atoms with van der Waals surface area (Å²) in [5.74, 6) is -1.40. The van der Waals surface area contributed by atoms with Gasteiger partial charge in [-0.25, -0.2) is 4.79 Å². The Labute approximate surface area is 116 Å². The van der Waals surface area contributed by atoms with Gasteiger partial charge in [-0.15, -0.1) is 0 Å². The van der Waals surface area contributed by atoms with Crippen LogP contribution in [0.1, 0.15) is 20.7 Å². The van der Waals surface area contributed by atoms with Crippen molar-refractivity contribution in [2.75, 3.05) is 17.7 Å². The molecule has 0 spiro atoms. The van der Waals surface area contributed by atoms with Crippen molar-refractivity contribution in [2.24, 2.45) is 0 Å². The quantitative estimate of drug-likeness (QED) is 0.838. The zero-order valence-electron chi connectivity index (χ0n) is 10.9. The van der Waals surface area contributed by atoms with E-state index in [4.69, 9.17) is 5.73 Å². The lowest BCUT2D eigenvalue weighted by Gasteiger charge is -2.19. The highest BCUT2D eigenvalue weighted by atomic mass is 16.4. The Bertz CT molecular complexity index is 653. The highest BCUT2D eigenvalue weighted by molar-refractivity contribution is 6.09. The molecule has 3 N–H and O–H groups in total. The highest BCUT2D eigenvalue weighted by Gasteiger charge is 2.19. The van der Waals surface area contributed by atoms with Crippen LogP contribution in [0.4, 0.5) is 11.4 Å². The maximum Gasteiger partial charge on any atom is 0.337 e. The van der Waals surface area contributed by atoms with Gasteiger partial charge in [-0.3, -0.25) is 4.79 Å². The normalized spacial score (nSPS) is 10.1. The molecule has 0 unspecified atom stereocenters. The van der Waals surface area contributed by atoms with Crippen LogP contribution < -0.4 is 10.6 Å². The van der Waals surface area contributed by atoms with Crippen LogP contribution in [0.2, 0.25) is 0 Å². The van der Waals surface area contributed by atoms with Gasteiger partial charge in [0.25, 0.3) is 5.91 Å². The van der Waals surface area contributed by atoms with Gasteiger partial charge in [-0.05, 0) is 30.3 Å². The SMILES string of the molecule is CN(C(=O)c1ccccc1)c1ccc(N)cc1C(=O)O. The molecule has 2 rings (SSSR count). The summed E-state index contributed by atoms with van der Waals surface area (Å²) in [5.41, 5.74) is 6.72. The predicted octanol–water partition coefficient (Wildman–Crippen LogP) is 2.24. The minimum atomic E-state index is -1.12. The minimum Gasteiger partial charge on any atom is -0.478 e. The number of aromatic carboxylic acids is 1. The highest BCUT2D eigenvalue weighted by Crippen LogP contribution is 2.23. The number of anilines is 2. The molecule has 0 aliphatic carbocycles. The summed E-state index contributed by atoms with van der Waals surface area (Å²) in [4.78, 5) is 24.9. The van der Waals surface area contributed by atoms with Crippen LogP contribution in [0.25, 0.3) is 0 Å². The molecule has 5 nitrogen and oxygen atoms in total. The van der Waals surface area contributed by atoms with Crippen molar-refractivity contribution in [1.29, 1.82) is 0 Å². The lowest BCUT2D eigenvalue weighted by Crippen LogP contribution is -2.27. The molecule has 0 atom stereocenters. The maximum atomic E-state index is 12.3. The molecule has 0 saturated heterocycles. The summed E-state index contributed by atoms with van der Waals surface area (Å²) >= 11 is 0. The molecule has 0 aliphatic rings. The molecule has 0 aromatic heterocycles. The third-order valence-corrected chi connectivity index (χ3v) is 2.94. The van der Waals surface area contributed by atoms with E-state index < -0.39 is 5.97 Å². The number of rotatable bonds is 3. The molecule has 2 aromatic carbocycles. The number of nitrogens with zero attached hydrogens (tertiary/aromatic N) is 1. The van der Waals surface area contributed by atoms with Crippen molar-refractivity contribution in [3.05, 3.63) is 59.7 Å². The summed E-state index contributed by atoms with van der Waals surface area (Å²) in [6, 6.07) is 13.1. The number of amides is 1. The molecular weight excluding hydrogens is 256 g/mol. The first-order valence-corrected chi connectivity index (χ1v) is 5.96. The molecule has 0 bridgehead atoms. The zero-order chi connectivity index (χ0) is 14.7. The van der Waals surface area contributed by atoms with E-state index in [2.05, 4.69) is 0 Å². The van der Waals surface area contributed by atoms with Gasteiger partial charge in [-0.2, -0.15) is 0 Å². The Morgan fingerprint density at radius 3 is 2.35 bits per heavy atom. The number of nitrogens with two attached hydrogens (primary N) is 1. The van der Waals surface area contributed by atoms with Gasteiger partial charge in [0.15, 0.2) is 0 Å².